The summed E-state index contributed by atoms with van der Waals surface area (Å²) in [7, 11) is 0. The van der Waals surface area contributed by atoms with Gasteiger partial charge in [-0.3, -0.25) is 9.59 Å². The molecular formula is C32H44ClN3O5. The summed E-state index contributed by atoms with van der Waals surface area (Å²) in [5.41, 5.74) is 3.08. The van der Waals surface area contributed by atoms with Gasteiger partial charge in [0, 0.05) is 17.5 Å². The Labute approximate surface area is 248 Å². The Hall–Kier alpha value is -3.10. The lowest BCUT2D eigenvalue weighted by molar-refractivity contribution is -0.127. The minimum Gasteiger partial charge on any atom is -0.445 e. The molecule has 2 aromatic carbocycles. The summed E-state index contributed by atoms with van der Waals surface area (Å²) in [6, 6.07) is 13.8. The van der Waals surface area contributed by atoms with Crippen LogP contribution in [0.5, 0.6) is 0 Å². The summed E-state index contributed by atoms with van der Waals surface area (Å²) in [5.74, 6) is -0.621. The van der Waals surface area contributed by atoms with Gasteiger partial charge in [-0.05, 0) is 55.4 Å². The SMILES string of the molecule is Cc1ccc(CCNC(=O)C(C)C[C@@H](CO)NC(=O)[C@H](CC2CCCCC2)NC(=O)OCc2cccc(Cl)c2)cc1. The molecule has 0 spiro atoms. The molecule has 1 aliphatic rings. The fourth-order valence-electron chi connectivity index (χ4n) is 5.22. The van der Waals surface area contributed by atoms with Crippen LogP contribution >= 0.6 is 11.6 Å². The van der Waals surface area contributed by atoms with Crippen LogP contribution in [0.25, 0.3) is 0 Å². The first-order chi connectivity index (χ1) is 19.7. The summed E-state index contributed by atoms with van der Waals surface area (Å²) in [5, 5.41) is 19.1. The first-order valence-corrected chi connectivity index (χ1v) is 15.0. The molecule has 3 atom stereocenters. The van der Waals surface area contributed by atoms with E-state index in [1.54, 1.807) is 31.2 Å². The number of alkyl carbamates (subject to hydrolysis) is 1. The molecule has 3 rings (SSSR count). The number of aliphatic hydroxyl groups excluding tert-OH is 1. The van der Waals surface area contributed by atoms with Gasteiger partial charge in [0.05, 0.1) is 12.6 Å². The lowest BCUT2D eigenvalue weighted by Gasteiger charge is -2.28. The number of hydrogen-bond acceptors (Lipinski definition) is 5. The minimum atomic E-state index is -0.808. The molecule has 4 N–H and O–H groups in total. The second-order valence-electron chi connectivity index (χ2n) is 11.2. The minimum absolute atomic E-state index is 0.0277. The van der Waals surface area contributed by atoms with E-state index in [0.717, 1.165) is 43.2 Å². The van der Waals surface area contributed by atoms with Crippen molar-refractivity contribution in [3.63, 3.8) is 0 Å². The first-order valence-electron chi connectivity index (χ1n) is 14.7. The van der Waals surface area contributed by atoms with Crippen molar-refractivity contribution in [3.05, 3.63) is 70.2 Å². The molecule has 8 nitrogen and oxygen atoms in total. The third-order valence-corrected chi connectivity index (χ3v) is 7.88. The number of benzene rings is 2. The van der Waals surface area contributed by atoms with E-state index in [4.69, 9.17) is 16.3 Å². The molecule has 0 saturated heterocycles. The summed E-state index contributed by atoms with van der Waals surface area (Å²) in [6.07, 6.45) is 6.20. The first kappa shape index (κ1) is 32.4. The van der Waals surface area contributed by atoms with Gasteiger partial charge in [0.1, 0.15) is 12.6 Å². The zero-order valence-corrected chi connectivity index (χ0v) is 24.9. The molecule has 0 bridgehead atoms. The van der Waals surface area contributed by atoms with Crippen LogP contribution in [0.1, 0.15) is 68.6 Å². The number of aliphatic hydroxyl groups is 1. The van der Waals surface area contributed by atoms with Crippen molar-refractivity contribution in [1.82, 2.24) is 16.0 Å². The molecule has 41 heavy (non-hydrogen) atoms. The average molecular weight is 586 g/mol. The molecule has 1 saturated carbocycles. The van der Waals surface area contributed by atoms with E-state index in [-0.39, 0.29) is 31.4 Å². The normalized spacial score (nSPS) is 15.8. The Kier molecular flexibility index (Phi) is 13.4. The molecule has 1 unspecified atom stereocenters. The number of amides is 3. The lowest BCUT2D eigenvalue weighted by Crippen LogP contribution is -2.52. The molecule has 224 valence electrons. The Morgan fingerprint density at radius 3 is 2.41 bits per heavy atom. The fourth-order valence-corrected chi connectivity index (χ4v) is 5.43. The summed E-state index contributed by atoms with van der Waals surface area (Å²) < 4.78 is 5.36. The van der Waals surface area contributed by atoms with E-state index in [0.29, 0.717) is 23.9 Å². The third kappa shape index (κ3) is 11.7. The number of carbonyl (C=O) groups excluding carboxylic acids is 3. The maximum atomic E-state index is 13.3. The van der Waals surface area contributed by atoms with E-state index in [2.05, 4.69) is 16.0 Å². The highest BCUT2D eigenvalue weighted by Crippen LogP contribution is 2.27. The van der Waals surface area contributed by atoms with Crippen molar-refractivity contribution in [2.24, 2.45) is 11.8 Å². The van der Waals surface area contributed by atoms with E-state index >= 15 is 0 Å². The molecule has 1 fully saturated rings. The molecule has 0 radical (unpaired) electrons. The number of rotatable bonds is 14. The highest BCUT2D eigenvalue weighted by Gasteiger charge is 2.29. The highest BCUT2D eigenvalue weighted by atomic mass is 35.5. The Morgan fingerprint density at radius 1 is 1.00 bits per heavy atom. The van der Waals surface area contributed by atoms with Crippen molar-refractivity contribution in [2.45, 2.75) is 83.9 Å². The van der Waals surface area contributed by atoms with E-state index in [1.165, 1.54) is 12.0 Å². The number of halogens is 1. The van der Waals surface area contributed by atoms with Crippen LogP contribution in [-0.2, 0) is 27.4 Å². The molecule has 3 amide bonds. The van der Waals surface area contributed by atoms with E-state index in [9.17, 15) is 19.5 Å². The van der Waals surface area contributed by atoms with Gasteiger partial charge in [-0.25, -0.2) is 4.79 Å². The maximum Gasteiger partial charge on any atom is 0.408 e. The highest BCUT2D eigenvalue weighted by molar-refractivity contribution is 6.30. The number of aryl methyl sites for hydroxylation is 1. The van der Waals surface area contributed by atoms with Crippen molar-refractivity contribution < 1.29 is 24.2 Å². The third-order valence-electron chi connectivity index (χ3n) is 7.65. The van der Waals surface area contributed by atoms with Crippen molar-refractivity contribution in [1.29, 1.82) is 0 Å². The standard InChI is InChI=1S/C32H44ClN3O5/c1-22-11-13-24(14-12-22)15-16-34-30(38)23(2)17-28(20-37)35-31(39)29(19-25-7-4-3-5-8-25)36-32(40)41-21-26-9-6-10-27(33)18-26/h6,9-14,18,23,25,28-29,37H,3-5,7-8,15-17,19-21H2,1-2H3,(H,34,38)(H,35,39)(H,36,40)/t23?,28-,29-/m0/s1. The van der Waals surface area contributed by atoms with Gasteiger partial charge in [-0.1, -0.05) is 92.6 Å². The monoisotopic (exact) mass is 585 g/mol. The van der Waals surface area contributed by atoms with Crippen LogP contribution < -0.4 is 16.0 Å². The topological polar surface area (TPSA) is 117 Å². The van der Waals surface area contributed by atoms with Gasteiger partial charge in [-0.2, -0.15) is 0 Å². The summed E-state index contributed by atoms with van der Waals surface area (Å²) >= 11 is 6.01. The van der Waals surface area contributed by atoms with Crippen LogP contribution in [0.15, 0.2) is 48.5 Å². The van der Waals surface area contributed by atoms with Gasteiger partial charge >= 0.3 is 6.09 Å². The van der Waals surface area contributed by atoms with Crippen LogP contribution in [0.2, 0.25) is 5.02 Å². The number of carbonyl (C=O) groups is 3. The Bertz CT molecular complexity index is 1120. The largest absolute Gasteiger partial charge is 0.445 e. The fraction of sp³-hybridized carbons (Fsp3) is 0.531. The van der Waals surface area contributed by atoms with Crippen molar-refractivity contribution in [2.75, 3.05) is 13.2 Å². The van der Waals surface area contributed by atoms with Crippen LogP contribution in [-0.4, -0.2) is 48.2 Å². The van der Waals surface area contributed by atoms with Crippen molar-refractivity contribution >= 4 is 29.5 Å². The average Bonchev–Trinajstić information content (AvgIpc) is 2.96. The summed E-state index contributed by atoms with van der Waals surface area (Å²) in [6.45, 7) is 4.03. The molecule has 9 heteroatoms. The van der Waals surface area contributed by atoms with Gasteiger partial charge in [0.2, 0.25) is 11.8 Å². The quantitative estimate of drug-likeness (QED) is 0.247. The van der Waals surface area contributed by atoms with Crippen LogP contribution in [0.4, 0.5) is 4.79 Å². The van der Waals surface area contributed by atoms with Crippen molar-refractivity contribution in [3.8, 4) is 0 Å². The zero-order chi connectivity index (χ0) is 29.6. The number of ether oxygens (including phenoxy) is 1. The number of hydrogen-bond donors (Lipinski definition) is 4. The molecule has 2 aromatic rings. The van der Waals surface area contributed by atoms with E-state index in [1.807, 2.05) is 31.2 Å². The van der Waals surface area contributed by atoms with Gasteiger partial charge < -0.3 is 25.8 Å². The molecule has 0 aromatic heterocycles. The Balaban J connectivity index is 1.52. The number of nitrogens with one attached hydrogen (secondary N) is 3. The molecule has 0 heterocycles. The Morgan fingerprint density at radius 2 is 1.73 bits per heavy atom. The second kappa shape index (κ2) is 17.0. The molecule has 0 aliphatic heterocycles. The predicted octanol–water partition coefficient (Wildman–Crippen LogP) is 5.08. The maximum absolute atomic E-state index is 13.3. The lowest BCUT2D eigenvalue weighted by atomic mass is 9.84. The predicted molar refractivity (Wildman–Crippen MR) is 160 cm³/mol. The molecule has 1 aliphatic carbocycles. The van der Waals surface area contributed by atoms with Gasteiger partial charge in [-0.15, -0.1) is 0 Å². The van der Waals surface area contributed by atoms with E-state index < -0.39 is 24.1 Å². The second-order valence-corrected chi connectivity index (χ2v) is 11.6. The van der Waals surface area contributed by atoms with Crippen LogP contribution in [0.3, 0.4) is 0 Å². The van der Waals surface area contributed by atoms with Crippen LogP contribution in [0, 0.1) is 18.8 Å². The van der Waals surface area contributed by atoms with Gasteiger partial charge in [0.15, 0.2) is 0 Å². The summed E-state index contributed by atoms with van der Waals surface area (Å²) in [4.78, 5) is 38.7. The van der Waals surface area contributed by atoms with Gasteiger partial charge in [0.25, 0.3) is 0 Å². The molecular weight excluding hydrogens is 542 g/mol. The smallest absolute Gasteiger partial charge is 0.408 e. The zero-order valence-electron chi connectivity index (χ0n) is 24.2.